The quantitative estimate of drug-likeness (QED) is 0.882. The summed E-state index contributed by atoms with van der Waals surface area (Å²) in [6, 6.07) is 3.15. The fraction of sp³-hybridized carbons (Fsp3) is 0.571. The minimum atomic E-state index is -4.40. The molecular weight excluding hydrogens is 257 g/mol. The molecule has 5 heteroatoms. The zero-order chi connectivity index (χ0) is 14.8. The molecule has 2 N–H and O–H groups in total. The van der Waals surface area contributed by atoms with Crippen LogP contribution in [0.4, 0.5) is 13.2 Å². The van der Waals surface area contributed by atoms with Crippen molar-refractivity contribution < 1.29 is 23.4 Å². The molecule has 0 heterocycles. The maximum atomic E-state index is 12.6. The molecule has 0 bridgehead atoms. The van der Waals surface area contributed by atoms with Crippen LogP contribution in [-0.2, 0) is 6.18 Å². The molecule has 0 aromatic heterocycles. The molecule has 0 spiro atoms. The first kappa shape index (κ1) is 16.0. The maximum absolute atomic E-state index is 12.6. The van der Waals surface area contributed by atoms with Gasteiger partial charge in [0.15, 0.2) is 0 Å². The second-order valence-corrected chi connectivity index (χ2v) is 4.78. The first-order valence-corrected chi connectivity index (χ1v) is 6.24. The van der Waals surface area contributed by atoms with Crippen molar-refractivity contribution in [2.24, 2.45) is 0 Å². The van der Waals surface area contributed by atoms with Gasteiger partial charge in [-0.15, -0.1) is 0 Å². The molecule has 0 saturated carbocycles. The van der Waals surface area contributed by atoms with Gasteiger partial charge in [0.05, 0.1) is 11.2 Å². The number of aryl methyl sites for hydroxylation is 1. The lowest BCUT2D eigenvalue weighted by atomic mass is 9.84. The third-order valence-corrected chi connectivity index (χ3v) is 3.63. The lowest BCUT2D eigenvalue weighted by Gasteiger charge is -2.32. The van der Waals surface area contributed by atoms with E-state index >= 15 is 0 Å². The number of benzene rings is 1. The van der Waals surface area contributed by atoms with Crippen LogP contribution in [-0.4, -0.2) is 15.8 Å². The number of aliphatic hydroxyl groups is 2. The fourth-order valence-corrected chi connectivity index (χ4v) is 2.08. The van der Waals surface area contributed by atoms with Gasteiger partial charge < -0.3 is 10.2 Å². The van der Waals surface area contributed by atoms with Gasteiger partial charge in [-0.05, 0) is 43.0 Å². The van der Waals surface area contributed by atoms with Crippen LogP contribution >= 0.6 is 0 Å². The van der Waals surface area contributed by atoms with E-state index < -0.39 is 23.4 Å². The smallest absolute Gasteiger partial charge is 0.387 e. The highest BCUT2D eigenvalue weighted by molar-refractivity contribution is 5.35. The van der Waals surface area contributed by atoms with Gasteiger partial charge in [-0.25, -0.2) is 0 Å². The van der Waals surface area contributed by atoms with Crippen LogP contribution in [0.1, 0.15) is 49.5 Å². The monoisotopic (exact) mass is 276 g/mol. The molecule has 0 fully saturated rings. The van der Waals surface area contributed by atoms with Gasteiger partial charge >= 0.3 is 6.18 Å². The fourth-order valence-electron chi connectivity index (χ4n) is 2.08. The third-order valence-electron chi connectivity index (χ3n) is 3.63. The highest BCUT2D eigenvalue weighted by Crippen LogP contribution is 2.36. The SMILES string of the molecule is CCC(O)(CC)C(O)c1ccc(C(F)(F)F)cc1C. The summed E-state index contributed by atoms with van der Waals surface area (Å²) in [5.74, 6) is 0. The van der Waals surface area contributed by atoms with Crippen molar-refractivity contribution in [1.29, 1.82) is 0 Å². The standard InChI is InChI=1S/C14H19F3O2/c1-4-13(19,5-2)12(18)11-7-6-10(8-9(11)3)14(15,16)17/h6-8,12,18-19H,4-5H2,1-3H3. The molecule has 0 amide bonds. The predicted octanol–water partition coefficient (Wildman–Crippen LogP) is 3.60. The highest BCUT2D eigenvalue weighted by Gasteiger charge is 2.35. The number of rotatable bonds is 4. The van der Waals surface area contributed by atoms with Crippen molar-refractivity contribution in [3.05, 3.63) is 34.9 Å². The topological polar surface area (TPSA) is 40.5 Å². The number of halogens is 3. The lowest BCUT2D eigenvalue weighted by Crippen LogP contribution is -2.35. The van der Waals surface area contributed by atoms with Crippen molar-refractivity contribution in [2.45, 2.75) is 51.5 Å². The summed E-state index contributed by atoms with van der Waals surface area (Å²) in [4.78, 5) is 0. The van der Waals surface area contributed by atoms with Crippen molar-refractivity contribution in [1.82, 2.24) is 0 Å². The van der Waals surface area contributed by atoms with E-state index in [2.05, 4.69) is 0 Å². The van der Waals surface area contributed by atoms with Crippen molar-refractivity contribution in [3.8, 4) is 0 Å². The summed E-state index contributed by atoms with van der Waals surface area (Å²) >= 11 is 0. The molecule has 2 nitrogen and oxygen atoms in total. The summed E-state index contributed by atoms with van der Waals surface area (Å²) in [6.45, 7) is 4.96. The molecule has 1 aromatic rings. The Bertz CT molecular complexity index is 437. The largest absolute Gasteiger partial charge is 0.416 e. The van der Waals surface area contributed by atoms with Crippen molar-refractivity contribution in [2.75, 3.05) is 0 Å². The Kier molecular flexibility index (Phi) is 4.63. The van der Waals surface area contributed by atoms with Crippen LogP contribution in [0.2, 0.25) is 0 Å². The van der Waals surface area contributed by atoms with Crippen LogP contribution in [0, 0.1) is 6.92 Å². The van der Waals surface area contributed by atoms with Crippen LogP contribution in [0.3, 0.4) is 0 Å². The molecule has 108 valence electrons. The van der Waals surface area contributed by atoms with Crippen LogP contribution in [0.15, 0.2) is 18.2 Å². The van der Waals surface area contributed by atoms with Crippen LogP contribution < -0.4 is 0 Å². The molecule has 1 atom stereocenters. The zero-order valence-electron chi connectivity index (χ0n) is 11.3. The molecule has 0 aliphatic rings. The van der Waals surface area contributed by atoms with Gasteiger partial charge in [-0.1, -0.05) is 19.9 Å². The Labute approximate surface area is 110 Å². The second-order valence-electron chi connectivity index (χ2n) is 4.78. The summed E-state index contributed by atoms with van der Waals surface area (Å²) in [5.41, 5.74) is -1.41. The van der Waals surface area contributed by atoms with Gasteiger partial charge in [0, 0.05) is 0 Å². The number of hydrogen-bond donors (Lipinski definition) is 2. The van der Waals surface area contributed by atoms with Crippen molar-refractivity contribution in [3.63, 3.8) is 0 Å². The van der Waals surface area contributed by atoms with E-state index in [-0.39, 0.29) is 0 Å². The van der Waals surface area contributed by atoms with E-state index in [9.17, 15) is 23.4 Å². The van der Waals surface area contributed by atoms with Gasteiger partial charge in [-0.2, -0.15) is 13.2 Å². The Morgan fingerprint density at radius 3 is 2.05 bits per heavy atom. The van der Waals surface area contributed by atoms with E-state index in [1.54, 1.807) is 13.8 Å². The van der Waals surface area contributed by atoms with Crippen molar-refractivity contribution >= 4 is 0 Å². The van der Waals surface area contributed by atoms with E-state index in [1.165, 1.54) is 13.0 Å². The molecule has 1 unspecified atom stereocenters. The van der Waals surface area contributed by atoms with Gasteiger partial charge in [-0.3, -0.25) is 0 Å². The molecule has 1 aromatic carbocycles. The number of alkyl halides is 3. The lowest BCUT2D eigenvalue weighted by molar-refractivity contribution is -0.137. The predicted molar refractivity (Wildman–Crippen MR) is 66.7 cm³/mol. The maximum Gasteiger partial charge on any atom is 0.416 e. The second kappa shape index (κ2) is 5.51. The molecule has 0 aliphatic carbocycles. The first-order valence-electron chi connectivity index (χ1n) is 6.24. The number of hydrogen-bond acceptors (Lipinski definition) is 2. The van der Waals surface area contributed by atoms with E-state index in [0.29, 0.717) is 24.0 Å². The Morgan fingerprint density at radius 1 is 1.16 bits per heavy atom. The van der Waals surface area contributed by atoms with Gasteiger partial charge in [0.2, 0.25) is 0 Å². The summed E-state index contributed by atoms with van der Waals surface area (Å²) in [7, 11) is 0. The summed E-state index contributed by atoms with van der Waals surface area (Å²) in [5, 5.41) is 20.4. The van der Waals surface area contributed by atoms with E-state index in [1.807, 2.05) is 0 Å². The average Bonchev–Trinajstić information content (AvgIpc) is 2.35. The van der Waals surface area contributed by atoms with E-state index in [4.69, 9.17) is 0 Å². The summed E-state index contributed by atoms with van der Waals surface area (Å²) < 4.78 is 37.7. The highest BCUT2D eigenvalue weighted by atomic mass is 19.4. The normalized spacial score (nSPS) is 14.5. The van der Waals surface area contributed by atoms with Gasteiger partial charge in [0.1, 0.15) is 6.10 Å². The van der Waals surface area contributed by atoms with Gasteiger partial charge in [0.25, 0.3) is 0 Å². The molecule has 19 heavy (non-hydrogen) atoms. The third kappa shape index (κ3) is 3.28. The van der Waals surface area contributed by atoms with Crippen LogP contribution in [0.5, 0.6) is 0 Å². The molecule has 0 aliphatic heterocycles. The van der Waals surface area contributed by atoms with Crippen LogP contribution in [0.25, 0.3) is 0 Å². The minimum absolute atomic E-state index is 0.322. The Hall–Kier alpha value is -1.07. The zero-order valence-corrected chi connectivity index (χ0v) is 11.3. The average molecular weight is 276 g/mol. The Morgan fingerprint density at radius 2 is 1.68 bits per heavy atom. The van der Waals surface area contributed by atoms with E-state index in [0.717, 1.165) is 12.1 Å². The first-order chi connectivity index (χ1) is 8.65. The number of aliphatic hydroxyl groups excluding tert-OH is 1. The molecule has 1 rings (SSSR count). The summed E-state index contributed by atoms with van der Waals surface area (Å²) in [6.07, 6.45) is -4.94. The molecule has 0 radical (unpaired) electrons. The molecule has 0 saturated heterocycles. The molecular formula is C14H19F3O2. The minimum Gasteiger partial charge on any atom is -0.387 e. The Balaban J connectivity index is 3.16.